The third kappa shape index (κ3) is 5.01. The molecule has 0 unspecified atom stereocenters. The number of hydrogen-bond donors (Lipinski definition) is 0. The van der Waals surface area contributed by atoms with Crippen molar-refractivity contribution in [2.24, 2.45) is 0 Å². The minimum absolute atomic E-state index is 0.0301. The number of sulfone groups is 1. The van der Waals surface area contributed by atoms with Gasteiger partial charge in [-0.2, -0.15) is 0 Å². The van der Waals surface area contributed by atoms with E-state index in [1.165, 1.54) is 4.90 Å². The Kier molecular flexibility index (Phi) is 6.05. The van der Waals surface area contributed by atoms with E-state index in [2.05, 4.69) is 10.2 Å². The van der Waals surface area contributed by atoms with Crippen LogP contribution in [0.15, 0.2) is 33.9 Å². The van der Waals surface area contributed by atoms with Crippen molar-refractivity contribution in [2.45, 2.75) is 24.6 Å². The maximum absolute atomic E-state index is 12.3. The van der Waals surface area contributed by atoms with Gasteiger partial charge in [-0.25, -0.2) is 8.42 Å². The zero-order valence-corrected chi connectivity index (χ0v) is 16.8. The zero-order valence-electron chi connectivity index (χ0n) is 15.1. The second kappa shape index (κ2) is 8.30. The van der Waals surface area contributed by atoms with Crippen LogP contribution in [0.1, 0.15) is 13.3 Å². The predicted molar refractivity (Wildman–Crippen MR) is 101 cm³/mol. The van der Waals surface area contributed by atoms with E-state index < -0.39 is 9.84 Å². The average Bonchev–Trinajstić information content (AvgIpc) is 3.26. The maximum atomic E-state index is 12.3. The molecule has 0 N–H and O–H groups in total. The number of benzene rings is 1. The van der Waals surface area contributed by atoms with Crippen LogP contribution >= 0.6 is 11.8 Å². The minimum atomic E-state index is -3.03. The molecule has 1 amide bonds. The molecule has 27 heavy (non-hydrogen) atoms. The van der Waals surface area contributed by atoms with Crippen LogP contribution in [-0.4, -0.2) is 66.4 Å². The average molecular weight is 412 g/mol. The molecule has 1 fully saturated rings. The van der Waals surface area contributed by atoms with Crippen LogP contribution in [0.4, 0.5) is 0 Å². The quantitative estimate of drug-likeness (QED) is 0.636. The summed E-state index contributed by atoms with van der Waals surface area (Å²) in [6.45, 7) is 2.51. The molecular weight excluding hydrogens is 390 g/mol. The number of carbonyl (C=O) groups is 1. The third-order valence-electron chi connectivity index (χ3n) is 4.29. The summed E-state index contributed by atoms with van der Waals surface area (Å²) in [7, 11) is -1.39. The Morgan fingerprint density at radius 3 is 2.70 bits per heavy atom. The van der Waals surface area contributed by atoms with Crippen molar-refractivity contribution in [3.63, 3.8) is 0 Å². The largest absolute Gasteiger partial charge is 0.494 e. The van der Waals surface area contributed by atoms with Gasteiger partial charge in [-0.3, -0.25) is 4.79 Å². The lowest BCUT2D eigenvalue weighted by Gasteiger charge is -2.22. The first-order valence-corrected chi connectivity index (χ1v) is 11.3. The molecular formula is C17H21N3O5S2. The lowest BCUT2D eigenvalue weighted by atomic mass is 10.2. The molecule has 1 aromatic heterocycles. The Morgan fingerprint density at radius 2 is 2.07 bits per heavy atom. The number of aromatic nitrogens is 2. The van der Waals surface area contributed by atoms with E-state index in [9.17, 15) is 13.2 Å². The van der Waals surface area contributed by atoms with Gasteiger partial charge in [0.1, 0.15) is 5.75 Å². The first kappa shape index (κ1) is 19.7. The van der Waals surface area contributed by atoms with Crippen molar-refractivity contribution in [1.29, 1.82) is 0 Å². The van der Waals surface area contributed by atoms with Gasteiger partial charge in [0.05, 0.1) is 23.9 Å². The molecule has 1 saturated heterocycles. The third-order valence-corrected chi connectivity index (χ3v) is 6.84. The fourth-order valence-electron chi connectivity index (χ4n) is 2.75. The number of hydrogen-bond acceptors (Lipinski definition) is 8. The van der Waals surface area contributed by atoms with Crippen LogP contribution in [-0.2, 0) is 14.6 Å². The summed E-state index contributed by atoms with van der Waals surface area (Å²) in [5.74, 6) is 1.24. The molecule has 0 saturated carbocycles. The van der Waals surface area contributed by atoms with Crippen molar-refractivity contribution in [1.82, 2.24) is 15.1 Å². The van der Waals surface area contributed by atoms with Gasteiger partial charge in [0, 0.05) is 18.7 Å². The number of carbonyl (C=O) groups excluding carboxylic acids is 1. The van der Waals surface area contributed by atoms with Crippen molar-refractivity contribution < 1.29 is 22.4 Å². The summed E-state index contributed by atoms with van der Waals surface area (Å²) < 4.78 is 34.1. The van der Waals surface area contributed by atoms with Gasteiger partial charge < -0.3 is 14.1 Å². The standard InChI is InChI=1S/C17H21N3O5S2/c1-3-24-14-6-4-12(5-7-14)16-18-19-17(25-16)26-10-15(21)20(2)13-8-9-27(22,23)11-13/h4-7,13H,3,8-11H2,1-2H3/t13-/m1/s1. The SMILES string of the molecule is CCOc1ccc(-c2nnc(SCC(=O)N(C)[C@@H]3CCS(=O)(=O)C3)o2)cc1. The van der Waals surface area contributed by atoms with Crippen molar-refractivity contribution in [2.75, 3.05) is 30.9 Å². The van der Waals surface area contributed by atoms with E-state index in [1.54, 1.807) is 7.05 Å². The summed E-state index contributed by atoms with van der Waals surface area (Å²) in [5.41, 5.74) is 0.761. The molecule has 8 nitrogen and oxygen atoms in total. The summed E-state index contributed by atoms with van der Waals surface area (Å²) in [6, 6.07) is 7.04. The minimum Gasteiger partial charge on any atom is -0.494 e. The molecule has 0 aliphatic carbocycles. The van der Waals surface area contributed by atoms with E-state index in [1.807, 2.05) is 31.2 Å². The second-order valence-electron chi connectivity index (χ2n) is 6.18. The first-order valence-electron chi connectivity index (χ1n) is 8.53. The monoisotopic (exact) mass is 411 g/mol. The second-order valence-corrected chi connectivity index (χ2v) is 9.34. The summed E-state index contributed by atoms with van der Waals surface area (Å²) in [5, 5.41) is 8.24. The Labute approximate surface area is 162 Å². The molecule has 1 atom stereocenters. The van der Waals surface area contributed by atoms with Crippen molar-refractivity contribution in [3.8, 4) is 17.2 Å². The van der Waals surface area contributed by atoms with E-state index in [4.69, 9.17) is 9.15 Å². The van der Waals surface area contributed by atoms with Crippen LogP contribution in [0, 0.1) is 0 Å². The number of amides is 1. The van der Waals surface area contributed by atoms with Crippen LogP contribution < -0.4 is 4.74 Å². The zero-order chi connectivity index (χ0) is 19.4. The van der Waals surface area contributed by atoms with Gasteiger partial charge in [0.25, 0.3) is 5.22 Å². The molecule has 1 aliphatic heterocycles. The number of rotatable bonds is 7. The summed E-state index contributed by atoms with van der Waals surface area (Å²) in [6.07, 6.45) is 0.484. The van der Waals surface area contributed by atoms with E-state index in [-0.39, 0.29) is 29.2 Å². The fourth-order valence-corrected chi connectivity index (χ4v) is 5.22. The summed E-state index contributed by atoms with van der Waals surface area (Å²) in [4.78, 5) is 13.8. The molecule has 2 heterocycles. The lowest BCUT2D eigenvalue weighted by molar-refractivity contribution is -0.128. The molecule has 1 aliphatic rings. The highest BCUT2D eigenvalue weighted by Gasteiger charge is 2.32. The molecule has 146 valence electrons. The van der Waals surface area contributed by atoms with Crippen LogP contribution in [0.5, 0.6) is 5.75 Å². The topological polar surface area (TPSA) is 103 Å². The molecule has 1 aromatic carbocycles. The molecule has 0 spiro atoms. The highest BCUT2D eigenvalue weighted by molar-refractivity contribution is 7.99. The van der Waals surface area contributed by atoms with Crippen molar-refractivity contribution >= 4 is 27.5 Å². The smallest absolute Gasteiger partial charge is 0.277 e. The van der Waals surface area contributed by atoms with Gasteiger partial charge in [0.15, 0.2) is 9.84 Å². The van der Waals surface area contributed by atoms with Crippen LogP contribution in [0.3, 0.4) is 0 Å². The molecule has 10 heteroatoms. The van der Waals surface area contributed by atoms with Gasteiger partial charge in [-0.15, -0.1) is 10.2 Å². The van der Waals surface area contributed by atoms with Gasteiger partial charge >= 0.3 is 0 Å². The summed E-state index contributed by atoms with van der Waals surface area (Å²) >= 11 is 1.14. The molecule has 3 rings (SSSR count). The predicted octanol–water partition coefficient (Wildman–Crippen LogP) is 1.87. The van der Waals surface area contributed by atoms with E-state index in [0.29, 0.717) is 24.1 Å². The Morgan fingerprint density at radius 1 is 1.33 bits per heavy atom. The highest BCUT2D eigenvalue weighted by Crippen LogP contribution is 2.25. The van der Waals surface area contributed by atoms with Gasteiger partial charge in [-0.1, -0.05) is 11.8 Å². The van der Waals surface area contributed by atoms with Crippen LogP contribution in [0.25, 0.3) is 11.5 Å². The number of ether oxygens (including phenoxy) is 1. The first-order chi connectivity index (χ1) is 12.9. The van der Waals surface area contributed by atoms with Crippen molar-refractivity contribution in [3.05, 3.63) is 24.3 Å². The maximum Gasteiger partial charge on any atom is 0.277 e. The molecule has 0 radical (unpaired) electrons. The molecule has 2 aromatic rings. The Balaban J connectivity index is 1.55. The number of nitrogens with zero attached hydrogens (tertiary/aromatic N) is 3. The Hall–Kier alpha value is -2.07. The van der Waals surface area contributed by atoms with E-state index in [0.717, 1.165) is 23.1 Å². The number of thioether (sulfide) groups is 1. The van der Waals surface area contributed by atoms with E-state index >= 15 is 0 Å². The Bertz CT molecular complexity index is 896. The highest BCUT2D eigenvalue weighted by atomic mass is 32.2. The van der Waals surface area contributed by atoms with Gasteiger partial charge in [-0.05, 0) is 37.6 Å². The molecule has 0 bridgehead atoms. The fraction of sp³-hybridized carbons (Fsp3) is 0.471. The lowest BCUT2D eigenvalue weighted by Crippen LogP contribution is -2.38. The van der Waals surface area contributed by atoms with Gasteiger partial charge in [0.2, 0.25) is 11.8 Å². The normalized spacial score (nSPS) is 18.4. The van der Waals surface area contributed by atoms with Crippen LogP contribution in [0.2, 0.25) is 0 Å².